The second-order valence-electron chi connectivity index (χ2n) is 4.81. The molecule has 5 heteroatoms. The van der Waals surface area contributed by atoms with Crippen molar-refractivity contribution in [1.29, 1.82) is 0 Å². The van der Waals surface area contributed by atoms with Crippen LogP contribution in [0.2, 0.25) is 0 Å². The van der Waals surface area contributed by atoms with Gasteiger partial charge in [-0.3, -0.25) is 4.98 Å². The highest BCUT2D eigenvalue weighted by Crippen LogP contribution is 2.19. The van der Waals surface area contributed by atoms with Crippen LogP contribution in [-0.2, 0) is 13.6 Å². The molecule has 2 heterocycles. The minimum absolute atomic E-state index is 0.276. The molecule has 20 heavy (non-hydrogen) atoms. The van der Waals surface area contributed by atoms with Gasteiger partial charge < -0.3 is 9.88 Å². The lowest BCUT2D eigenvalue weighted by atomic mass is 10.3. The molecule has 0 fully saturated rings. The van der Waals surface area contributed by atoms with Gasteiger partial charge in [-0.2, -0.15) is 0 Å². The molecule has 0 aliphatic carbocycles. The number of anilines is 1. The lowest BCUT2D eigenvalue weighted by molar-refractivity contribution is 0.629. The van der Waals surface area contributed by atoms with E-state index in [2.05, 4.69) is 15.3 Å². The van der Waals surface area contributed by atoms with E-state index in [-0.39, 0.29) is 5.82 Å². The summed E-state index contributed by atoms with van der Waals surface area (Å²) < 4.78 is 15.1. The monoisotopic (exact) mass is 270 g/mol. The molecule has 2 aromatic heterocycles. The first-order valence-corrected chi connectivity index (χ1v) is 6.41. The number of hydrogen-bond donors (Lipinski definition) is 1. The van der Waals surface area contributed by atoms with Crippen molar-refractivity contribution in [1.82, 2.24) is 14.5 Å². The molecule has 4 nitrogen and oxygen atoms in total. The van der Waals surface area contributed by atoms with Gasteiger partial charge in [0.2, 0.25) is 5.95 Å². The molecule has 0 atom stereocenters. The summed E-state index contributed by atoms with van der Waals surface area (Å²) in [6.07, 6.45) is 1.83. The van der Waals surface area contributed by atoms with Gasteiger partial charge in [0.05, 0.1) is 23.3 Å². The third kappa shape index (κ3) is 2.34. The van der Waals surface area contributed by atoms with Crippen LogP contribution < -0.4 is 5.32 Å². The van der Waals surface area contributed by atoms with Crippen molar-refractivity contribution >= 4 is 17.0 Å². The molecule has 0 spiro atoms. The van der Waals surface area contributed by atoms with Crippen LogP contribution in [0.3, 0.4) is 0 Å². The first-order valence-electron chi connectivity index (χ1n) is 6.41. The molecule has 3 aromatic rings. The smallest absolute Gasteiger partial charge is 0.203 e. The predicted octanol–water partition coefficient (Wildman–Crippen LogP) is 3.03. The number of nitrogens with zero attached hydrogens (tertiary/aromatic N) is 3. The zero-order chi connectivity index (χ0) is 14.1. The maximum atomic E-state index is 13.2. The first-order chi connectivity index (χ1) is 9.63. The number of hydrogen-bond acceptors (Lipinski definition) is 3. The Hall–Kier alpha value is -2.43. The number of imidazole rings is 1. The van der Waals surface area contributed by atoms with Crippen molar-refractivity contribution < 1.29 is 4.39 Å². The second-order valence-corrected chi connectivity index (χ2v) is 4.81. The zero-order valence-electron chi connectivity index (χ0n) is 11.4. The van der Waals surface area contributed by atoms with Crippen molar-refractivity contribution in [2.75, 3.05) is 5.32 Å². The fourth-order valence-corrected chi connectivity index (χ4v) is 2.10. The van der Waals surface area contributed by atoms with Crippen LogP contribution in [0, 0.1) is 12.7 Å². The Balaban J connectivity index is 1.84. The molecule has 1 aromatic carbocycles. The van der Waals surface area contributed by atoms with Crippen LogP contribution >= 0.6 is 0 Å². The fraction of sp³-hybridized carbons (Fsp3) is 0.200. The Labute approximate surface area is 116 Å². The average molecular weight is 270 g/mol. The number of aryl methyl sites for hydroxylation is 2. The summed E-state index contributed by atoms with van der Waals surface area (Å²) in [7, 11) is 1.90. The van der Waals surface area contributed by atoms with Crippen molar-refractivity contribution in [2.45, 2.75) is 13.5 Å². The molecular formula is C15H15FN4. The van der Waals surface area contributed by atoms with Gasteiger partial charge in [-0.05, 0) is 30.7 Å². The fourth-order valence-electron chi connectivity index (χ4n) is 2.10. The molecule has 0 radical (unpaired) electrons. The van der Waals surface area contributed by atoms with Gasteiger partial charge in [0.25, 0.3) is 0 Å². The highest BCUT2D eigenvalue weighted by atomic mass is 19.1. The summed E-state index contributed by atoms with van der Waals surface area (Å²) in [4.78, 5) is 8.72. The second kappa shape index (κ2) is 4.92. The van der Waals surface area contributed by atoms with E-state index < -0.39 is 0 Å². The topological polar surface area (TPSA) is 42.7 Å². The summed E-state index contributed by atoms with van der Waals surface area (Å²) in [5.74, 6) is 0.426. The Morgan fingerprint density at radius 3 is 2.85 bits per heavy atom. The summed E-state index contributed by atoms with van der Waals surface area (Å²) in [5, 5.41) is 3.22. The average Bonchev–Trinajstić information content (AvgIpc) is 2.74. The molecule has 0 aliphatic heterocycles. The SMILES string of the molecule is Cc1ccc(CNc2nc3cc(F)ccc3n2C)nc1. The van der Waals surface area contributed by atoms with E-state index in [4.69, 9.17) is 0 Å². The Bertz CT molecular complexity index is 746. The molecule has 0 amide bonds. The Morgan fingerprint density at radius 2 is 2.10 bits per heavy atom. The minimum Gasteiger partial charge on any atom is -0.350 e. The van der Waals surface area contributed by atoms with Crippen molar-refractivity contribution in [2.24, 2.45) is 7.05 Å². The summed E-state index contributed by atoms with van der Waals surface area (Å²) in [6.45, 7) is 2.59. The van der Waals surface area contributed by atoms with E-state index in [0.29, 0.717) is 18.0 Å². The van der Waals surface area contributed by atoms with Crippen LogP contribution in [0.25, 0.3) is 11.0 Å². The van der Waals surface area contributed by atoms with Crippen molar-refractivity contribution in [3.8, 4) is 0 Å². The highest BCUT2D eigenvalue weighted by molar-refractivity contribution is 5.78. The molecule has 3 rings (SSSR count). The largest absolute Gasteiger partial charge is 0.350 e. The maximum absolute atomic E-state index is 13.2. The number of fused-ring (bicyclic) bond motifs is 1. The number of rotatable bonds is 3. The van der Waals surface area contributed by atoms with Gasteiger partial charge >= 0.3 is 0 Å². The number of benzene rings is 1. The molecule has 1 N–H and O–H groups in total. The number of pyridine rings is 1. The molecule has 0 saturated heterocycles. The minimum atomic E-state index is -0.276. The van der Waals surface area contributed by atoms with Crippen LogP contribution in [0.15, 0.2) is 36.5 Å². The van der Waals surface area contributed by atoms with Gasteiger partial charge in [-0.1, -0.05) is 6.07 Å². The van der Waals surface area contributed by atoms with E-state index in [9.17, 15) is 4.39 Å². The predicted molar refractivity (Wildman–Crippen MR) is 77.0 cm³/mol. The van der Waals surface area contributed by atoms with Crippen LogP contribution in [0.5, 0.6) is 0 Å². The highest BCUT2D eigenvalue weighted by Gasteiger charge is 2.08. The van der Waals surface area contributed by atoms with E-state index >= 15 is 0 Å². The normalized spacial score (nSPS) is 10.9. The molecule has 0 saturated carbocycles. The van der Waals surface area contributed by atoms with E-state index in [1.165, 1.54) is 12.1 Å². The first kappa shape index (κ1) is 12.6. The maximum Gasteiger partial charge on any atom is 0.203 e. The van der Waals surface area contributed by atoms with Gasteiger partial charge in [-0.25, -0.2) is 9.37 Å². The Morgan fingerprint density at radius 1 is 1.25 bits per heavy atom. The molecule has 0 unspecified atom stereocenters. The summed E-state index contributed by atoms with van der Waals surface area (Å²) >= 11 is 0. The van der Waals surface area contributed by atoms with Crippen LogP contribution in [-0.4, -0.2) is 14.5 Å². The molecular weight excluding hydrogens is 255 g/mol. The molecule has 0 bridgehead atoms. The third-order valence-corrected chi connectivity index (χ3v) is 3.24. The van der Waals surface area contributed by atoms with Gasteiger partial charge in [0.1, 0.15) is 5.82 Å². The van der Waals surface area contributed by atoms with Crippen molar-refractivity contribution in [3.05, 3.63) is 53.6 Å². The summed E-state index contributed by atoms with van der Waals surface area (Å²) in [5.41, 5.74) is 3.61. The van der Waals surface area contributed by atoms with Crippen LogP contribution in [0.1, 0.15) is 11.3 Å². The lowest BCUT2D eigenvalue weighted by Gasteiger charge is -2.05. The standard InChI is InChI=1S/C15H15FN4/c1-10-3-5-12(17-8-10)9-18-15-19-13-7-11(16)4-6-14(13)20(15)2/h3-8H,9H2,1-2H3,(H,18,19). The quantitative estimate of drug-likeness (QED) is 0.795. The number of aromatic nitrogens is 3. The van der Waals surface area contributed by atoms with E-state index in [1.54, 1.807) is 6.07 Å². The van der Waals surface area contributed by atoms with Gasteiger partial charge in [-0.15, -0.1) is 0 Å². The van der Waals surface area contributed by atoms with E-state index in [0.717, 1.165) is 16.8 Å². The molecule has 102 valence electrons. The van der Waals surface area contributed by atoms with Crippen molar-refractivity contribution in [3.63, 3.8) is 0 Å². The number of nitrogens with one attached hydrogen (secondary N) is 1. The Kier molecular flexibility index (Phi) is 3.10. The number of halogens is 1. The van der Waals surface area contributed by atoms with E-state index in [1.807, 2.05) is 36.9 Å². The molecule has 0 aliphatic rings. The summed E-state index contributed by atoms with van der Waals surface area (Å²) in [6, 6.07) is 8.60. The van der Waals surface area contributed by atoms with Crippen LogP contribution in [0.4, 0.5) is 10.3 Å². The zero-order valence-corrected chi connectivity index (χ0v) is 11.4. The van der Waals surface area contributed by atoms with Gasteiger partial charge in [0.15, 0.2) is 0 Å². The third-order valence-electron chi connectivity index (χ3n) is 3.24. The van der Waals surface area contributed by atoms with Gasteiger partial charge in [0, 0.05) is 19.3 Å². The lowest BCUT2D eigenvalue weighted by Crippen LogP contribution is -2.06.